The van der Waals surface area contributed by atoms with Crippen LogP contribution < -0.4 is 5.32 Å². The van der Waals surface area contributed by atoms with E-state index in [0.29, 0.717) is 5.69 Å². The molecule has 8 nitrogen and oxygen atoms in total. The van der Waals surface area contributed by atoms with Gasteiger partial charge in [-0.05, 0) is 13.0 Å². The van der Waals surface area contributed by atoms with Gasteiger partial charge >= 0.3 is 5.97 Å². The molecule has 0 saturated carbocycles. The summed E-state index contributed by atoms with van der Waals surface area (Å²) >= 11 is 0. The maximum absolute atomic E-state index is 11.8. The lowest BCUT2D eigenvalue weighted by atomic mass is 10.3. The van der Waals surface area contributed by atoms with Crippen molar-refractivity contribution in [3.63, 3.8) is 0 Å². The van der Waals surface area contributed by atoms with Gasteiger partial charge in [0.1, 0.15) is 5.69 Å². The van der Waals surface area contributed by atoms with Crippen molar-refractivity contribution in [3.8, 4) is 0 Å². The molecule has 0 bridgehead atoms. The van der Waals surface area contributed by atoms with Crippen molar-refractivity contribution in [1.29, 1.82) is 0 Å². The minimum atomic E-state index is -1.14. The van der Waals surface area contributed by atoms with Crippen LogP contribution in [0, 0.1) is 6.92 Å². The first-order valence-corrected chi connectivity index (χ1v) is 5.08. The molecule has 0 saturated heterocycles. The van der Waals surface area contributed by atoms with Crippen LogP contribution in [-0.4, -0.2) is 37.0 Å². The molecule has 8 heteroatoms. The van der Waals surface area contributed by atoms with Crippen molar-refractivity contribution in [2.75, 3.05) is 5.32 Å². The second-order valence-electron chi connectivity index (χ2n) is 3.72. The Morgan fingerprint density at radius 2 is 2.22 bits per heavy atom. The molecule has 94 valence electrons. The highest BCUT2D eigenvalue weighted by Crippen LogP contribution is 2.17. The van der Waals surface area contributed by atoms with Crippen LogP contribution in [0.15, 0.2) is 12.3 Å². The summed E-state index contributed by atoms with van der Waals surface area (Å²) in [6.07, 6.45) is 1.30. The number of aryl methyl sites for hydroxylation is 2. The fraction of sp³-hybridized carbons (Fsp3) is 0.200. The first-order valence-electron chi connectivity index (χ1n) is 5.08. The number of carbonyl (C=O) groups excluding carboxylic acids is 1. The van der Waals surface area contributed by atoms with E-state index < -0.39 is 11.9 Å². The zero-order valence-corrected chi connectivity index (χ0v) is 9.76. The highest BCUT2D eigenvalue weighted by atomic mass is 16.4. The number of rotatable bonds is 3. The first-order chi connectivity index (χ1) is 8.47. The number of nitrogens with zero attached hydrogens (tertiary/aromatic N) is 3. The van der Waals surface area contributed by atoms with Crippen LogP contribution in [0.3, 0.4) is 0 Å². The third kappa shape index (κ3) is 2.21. The smallest absolute Gasteiger partial charge is 0.354 e. The van der Waals surface area contributed by atoms with Gasteiger partial charge in [-0.3, -0.25) is 4.79 Å². The number of aromatic amines is 1. The van der Waals surface area contributed by atoms with Gasteiger partial charge in [-0.15, -0.1) is 5.10 Å². The number of aromatic nitrogens is 4. The molecule has 2 rings (SSSR count). The second kappa shape index (κ2) is 4.32. The third-order valence-electron chi connectivity index (χ3n) is 2.25. The number of carboxylic acid groups (broad SMARTS) is 1. The summed E-state index contributed by atoms with van der Waals surface area (Å²) in [6, 6.07) is 1.54. The zero-order chi connectivity index (χ0) is 13.3. The first kappa shape index (κ1) is 11.8. The summed E-state index contributed by atoms with van der Waals surface area (Å²) in [5.41, 5.74) is 0.898. The Morgan fingerprint density at radius 3 is 2.78 bits per heavy atom. The van der Waals surface area contributed by atoms with Gasteiger partial charge in [0.2, 0.25) is 0 Å². The fourth-order valence-electron chi connectivity index (χ4n) is 1.49. The third-order valence-corrected chi connectivity index (χ3v) is 2.25. The van der Waals surface area contributed by atoms with Gasteiger partial charge in [0, 0.05) is 12.7 Å². The number of aromatic carboxylic acids is 1. The number of hydrogen-bond donors (Lipinski definition) is 3. The zero-order valence-electron chi connectivity index (χ0n) is 9.76. The molecule has 0 atom stereocenters. The van der Waals surface area contributed by atoms with E-state index >= 15 is 0 Å². The predicted octanol–water partition coefficient (Wildman–Crippen LogP) is 0.402. The second-order valence-corrected chi connectivity index (χ2v) is 3.72. The molecular weight excluding hydrogens is 238 g/mol. The number of nitrogens with one attached hydrogen (secondary N) is 2. The van der Waals surface area contributed by atoms with Crippen molar-refractivity contribution in [2.24, 2.45) is 7.05 Å². The monoisotopic (exact) mass is 249 g/mol. The van der Waals surface area contributed by atoms with Gasteiger partial charge in [-0.2, -0.15) is 9.90 Å². The van der Waals surface area contributed by atoms with Crippen LogP contribution in [0.25, 0.3) is 0 Å². The number of hydrogen-bond acceptors (Lipinski definition) is 4. The van der Waals surface area contributed by atoms with Crippen molar-refractivity contribution < 1.29 is 14.7 Å². The van der Waals surface area contributed by atoms with Crippen molar-refractivity contribution in [3.05, 3.63) is 29.3 Å². The number of anilines is 1. The SMILES string of the molecule is Cc1cc(NC(=O)c2cnn(C)n2)c(C(=O)O)[nH]1. The summed E-state index contributed by atoms with van der Waals surface area (Å²) in [7, 11) is 1.58. The maximum atomic E-state index is 11.8. The molecule has 0 aromatic carbocycles. The van der Waals surface area contributed by atoms with Gasteiger partial charge in [-0.25, -0.2) is 4.79 Å². The van der Waals surface area contributed by atoms with Gasteiger partial charge in [-0.1, -0.05) is 0 Å². The van der Waals surface area contributed by atoms with E-state index in [1.54, 1.807) is 14.0 Å². The minimum absolute atomic E-state index is 0.0651. The molecule has 0 aliphatic carbocycles. The summed E-state index contributed by atoms with van der Waals surface area (Å²) in [4.78, 5) is 26.6. The molecule has 0 unspecified atom stereocenters. The highest BCUT2D eigenvalue weighted by Gasteiger charge is 2.17. The molecule has 3 N–H and O–H groups in total. The topological polar surface area (TPSA) is 113 Å². The highest BCUT2D eigenvalue weighted by molar-refractivity contribution is 6.06. The van der Waals surface area contributed by atoms with Crippen LogP contribution in [0.4, 0.5) is 5.69 Å². The summed E-state index contributed by atoms with van der Waals surface area (Å²) in [5.74, 6) is -1.65. The molecule has 0 radical (unpaired) electrons. The van der Waals surface area contributed by atoms with Crippen LogP contribution in [0.2, 0.25) is 0 Å². The van der Waals surface area contributed by atoms with Gasteiger partial charge in [0.15, 0.2) is 5.69 Å². The predicted molar refractivity (Wildman–Crippen MR) is 61.4 cm³/mol. The molecular formula is C10H11N5O3. The molecule has 0 aliphatic rings. The Morgan fingerprint density at radius 1 is 1.50 bits per heavy atom. The van der Waals surface area contributed by atoms with E-state index in [4.69, 9.17) is 5.11 Å². The van der Waals surface area contributed by atoms with Crippen LogP contribution in [0.1, 0.15) is 26.7 Å². The molecule has 0 fully saturated rings. The molecule has 2 heterocycles. The molecule has 2 aromatic heterocycles. The van der Waals surface area contributed by atoms with Gasteiger partial charge < -0.3 is 15.4 Å². The molecule has 18 heavy (non-hydrogen) atoms. The minimum Gasteiger partial charge on any atom is -0.477 e. The van der Waals surface area contributed by atoms with E-state index in [9.17, 15) is 9.59 Å². The van der Waals surface area contributed by atoms with Gasteiger partial charge in [0.25, 0.3) is 5.91 Å². The van der Waals surface area contributed by atoms with Crippen molar-refractivity contribution >= 4 is 17.6 Å². The number of carboxylic acids is 1. The largest absolute Gasteiger partial charge is 0.477 e. The lowest BCUT2D eigenvalue weighted by molar-refractivity contribution is 0.0692. The van der Waals surface area contributed by atoms with E-state index in [2.05, 4.69) is 20.5 Å². The van der Waals surface area contributed by atoms with E-state index in [-0.39, 0.29) is 17.1 Å². The van der Waals surface area contributed by atoms with Crippen LogP contribution in [-0.2, 0) is 7.05 Å². The van der Waals surface area contributed by atoms with E-state index in [1.165, 1.54) is 17.1 Å². The number of carbonyl (C=O) groups is 2. The number of amides is 1. The fourth-order valence-corrected chi connectivity index (χ4v) is 1.49. The van der Waals surface area contributed by atoms with Crippen LogP contribution in [0.5, 0.6) is 0 Å². The lowest BCUT2D eigenvalue weighted by Gasteiger charge is -2.01. The Hall–Kier alpha value is -2.64. The lowest BCUT2D eigenvalue weighted by Crippen LogP contribution is -2.15. The average molecular weight is 249 g/mol. The number of H-pyrrole nitrogens is 1. The normalized spacial score (nSPS) is 10.3. The maximum Gasteiger partial charge on any atom is 0.354 e. The van der Waals surface area contributed by atoms with Gasteiger partial charge in [0.05, 0.1) is 11.9 Å². The Balaban J connectivity index is 2.24. The van der Waals surface area contributed by atoms with Crippen LogP contribution >= 0.6 is 0 Å². The summed E-state index contributed by atoms with van der Waals surface area (Å²) < 4.78 is 0. The standard InChI is InChI=1S/C10H11N5O3/c1-5-3-6(8(12-5)10(17)18)13-9(16)7-4-11-15(2)14-7/h3-4,12H,1-2H3,(H,13,16)(H,17,18). The van der Waals surface area contributed by atoms with Crippen molar-refractivity contribution in [2.45, 2.75) is 6.92 Å². The molecule has 0 spiro atoms. The molecule has 1 amide bonds. The van der Waals surface area contributed by atoms with Crippen molar-refractivity contribution in [1.82, 2.24) is 20.0 Å². The molecule has 0 aliphatic heterocycles. The van der Waals surface area contributed by atoms with E-state index in [1.807, 2.05) is 0 Å². The Labute approximate surface area is 102 Å². The quantitative estimate of drug-likeness (QED) is 0.728. The summed E-state index contributed by atoms with van der Waals surface area (Å²) in [6.45, 7) is 1.70. The summed E-state index contributed by atoms with van der Waals surface area (Å²) in [5, 5.41) is 19.0. The Kier molecular flexibility index (Phi) is 2.84. The Bertz CT molecular complexity index is 613. The van der Waals surface area contributed by atoms with E-state index in [0.717, 1.165) is 0 Å². The average Bonchev–Trinajstić information content (AvgIpc) is 2.85. The molecule has 2 aromatic rings.